The number of hydrogen-bond donors (Lipinski definition) is 1. The Bertz CT molecular complexity index is 952. The van der Waals surface area contributed by atoms with Gasteiger partial charge in [0.1, 0.15) is 0 Å². The third kappa shape index (κ3) is 4.86. The lowest BCUT2D eigenvalue weighted by molar-refractivity contribution is 0.102. The predicted molar refractivity (Wildman–Crippen MR) is 120 cm³/mol. The second-order valence-electron chi connectivity index (χ2n) is 8.33. The van der Waals surface area contributed by atoms with Crippen LogP contribution in [-0.4, -0.2) is 25.1 Å². The topological polar surface area (TPSA) is 69.2 Å². The number of unbranched alkanes of at least 4 members (excludes halogenated alkanes) is 5. The van der Waals surface area contributed by atoms with Crippen molar-refractivity contribution in [1.82, 2.24) is 13.9 Å². The summed E-state index contributed by atoms with van der Waals surface area (Å²) in [7, 11) is 0. The number of allylic oxidation sites excluding steroid dienone is 1. The van der Waals surface area contributed by atoms with Gasteiger partial charge in [0.25, 0.3) is 0 Å². The molecule has 0 spiro atoms. The highest BCUT2D eigenvalue weighted by molar-refractivity contribution is 5.31. The maximum atomic E-state index is 13.3. The highest BCUT2D eigenvalue weighted by atomic mass is 16.3. The molecule has 1 aromatic heterocycles. The molecule has 0 fully saturated rings. The smallest absolute Gasteiger partial charge is 0.352 e. The van der Waals surface area contributed by atoms with E-state index in [2.05, 4.69) is 13.8 Å². The summed E-state index contributed by atoms with van der Waals surface area (Å²) in [5, 5.41) is 10.9. The maximum Gasteiger partial charge on any atom is 0.352 e. The Morgan fingerprint density at radius 1 is 0.967 bits per heavy atom. The van der Waals surface area contributed by atoms with Gasteiger partial charge in [-0.05, 0) is 31.4 Å². The van der Waals surface area contributed by atoms with E-state index in [9.17, 15) is 14.7 Å². The van der Waals surface area contributed by atoms with Crippen molar-refractivity contribution in [2.24, 2.45) is 0 Å². The molecule has 2 aromatic rings. The molecule has 2 heterocycles. The number of aliphatic hydroxyl groups excluding tert-OH is 1. The average molecular weight is 414 g/mol. The lowest BCUT2D eigenvalue weighted by Gasteiger charge is -2.28. The van der Waals surface area contributed by atoms with Crippen LogP contribution in [0.5, 0.6) is 0 Å². The standard InChI is InChI=1S/C24H35N3O3/c1-3-5-7-10-13-19-17-21(22(28)16-9-6-4-2)27-24(30)26(23(29)25(27)18-19)20-14-11-8-12-15-20/h8,11-12,14-15,17,21-22,28H,3-7,9-10,13,16,18H2,1-2H3/t21-,22-/m1/s1. The van der Waals surface area contributed by atoms with Gasteiger partial charge in [-0.1, -0.05) is 82.2 Å². The van der Waals surface area contributed by atoms with E-state index < -0.39 is 12.1 Å². The minimum atomic E-state index is -0.683. The molecule has 30 heavy (non-hydrogen) atoms. The third-order valence-electron chi connectivity index (χ3n) is 5.96. The normalized spacial score (nSPS) is 16.9. The second kappa shape index (κ2) is 10.6. The van der Waals surface area contributed by atoms with Crippen LogP contribution in [-0.2, 0) is 6.54 Å². The molecule has 164 valence electrons. The summed E-state index contributed by atoms with van der Waals surface area (Å²) >= 11 is 0. The van der Waals surface area contributed by atoms with Gasteiger partial charge in [-0.25, -0.2) is 23.5 Å². The summed E-state index contributed by atoms with van der Waals surface area (Å²) in [4.78, 5) is 26.4. The Morgan fingerprint density at radius 2 is 1.67 bits per heavy atom. The molecule has 1 aliphatic heterocycles. The Labute approximate surface area is 178 Å². The SMILES string of the molecule is CCCCCCC1=C[C@H]([C@H](O)CCCCC)n2c(=O)n(-c3ccccc3)c(=O)n2C1. The number of fused-ring (bicyclic) bond motifs is 1. The van der Waals surface area contributed by atoms with Crippen LogP contribution in [0.2, 0.25) is 0 Å². The van der Waals surface area contributed by atoms with Crippen molar-refractivity contribution in [2.75, 3.05) is 0 Å². The van der Waals surface area contributed by atoms with Gasteiger partial charge in [0.15, 0.2) is 0 Å². The van der Waals surface area contributed by atoms with E-state index in [-0.39, 0.29) is 11.4 Å². The maximum absolute atomic E-state index is 13.3. The first-order chi connectivity index (χ1) is 14.6. The zero-order chi connectivity index (χ0) is 21.5. The van der Waals surface area contributed by atoms with Gasteiger partial charge >= 0.3 is 11.4 Å². The van der Waals surface area contributed by atoms with Crippen LogP contribution in [0.15, 0.2) is 51.6 Å². The van der Waals surface area contributed by atoms with Crippen molar-refractivity contribution >= 4 is 0 Å². The van der Waals surface area contributed by atoms with Gasteiger partial charge in [-0.3, -0.25) is 0 Å². The van der Waals surface area contributed by atoms with Crippen molar-refractivity contribution < 1.29 is 5.11 Å². The van der Waals surface area contributed by atoms with E-state index in [1.54, 1.807) is 12.1 Å². The molecule has 2 atom stereocenters. The molecule has 0 radical (unpaired) electrons. The molecule has 0 bridgehead atoms. The van der Waals surface area contributed by atoms with E-state index in [1.165, 1.54) is 26.8 Å². The van der Waals surface area contributed by atoms with Gasteiger partial charge in [-0.2, -0.15) is 0 Å². The van der Waals surface area contributed by atoms with Crippen molar-refractivity contribution in [2.45, 2.75) is 90.3 Å². The lowest BCUT2D eigenvalue weighted by atomic mass is 9.97. The summed E-state index contributed by atoms with van der Waals surface area (Å²) in [5.41, 5.74) is 0.978. The second-order valence-corrected chi connectivity index (χ2v) is 8.33. The van der Waals surface area contributed by atoms with Gasteiger partial charge < -0.3 is 5.11 Å². The fourth-order valence-corrected chi connectivity index (χ4v) is 4.27. The van der Waals surface area contributed by atoms with Crippen LogP contribution < -0.4 is 11.4 Å². The van der Waals surface area contributed by atoms with Gasteiger partial charge in [-0.15, -0.1) is 0 Å². The molecule has 0 saturated heterocycles. The zero-order valence-corrected chi connectivity index (χ0v) is 18.3. The molecule has 0 saturated carbocycles. The van der Waals surface area contributed by atoms with Crippen LogP contribution >= 0.6 is 0 Å². The van der Waals surface area contributed by atoms with Crippen molar-refractivity contribution in [3.05, 3.63) is 62.9 Å². The molecule has 1 N–H and O–H groups in total. The average Bonchev–Trinajstić information content (AvgIpc) is 3.01. The number of nitrogens with zero attached hydrogens (tertiary/aromatic N) is 3. The van der Waals surface area contributed by atoms with Crippen molar-refractivity contribution in [3.63, 3.8) is 0 Å². The zero-order valence-electron chi connectivity index (χ0n) is 18.3. The van der Waals surface area contributed by atoms with E-state index in [1.807, 2.05) is 24.3 Å². The highest BCUT2D eigenvalue weighted by Gasteiger charge is 2.30. The van der Waals surface area contributed by atoms with Crippen molar-refractivity contribution in [3.8, 4) is 5.69 Å². The number of aromatic nitrogens is 3. The molecule has 0 amide bonds. The number of para-hydroxylation sites is 1. The fourth-order valence-electron chi connectivity index (χ4n) is 4.27. The first-order valence-electron chi connectivity index (χ1n) is 11.5. The first-order valence-corrected chi connectivity index (χ1v) is 11.5. The lowest BCUT2D eigenvalue weighted by Crippen LogP contribution is -2.39. The van der Waals surface area contributed by atoms with Crippen LogP contribution in [0.3, 0.4) is 0 Å². The fraction of sp³-hybridized carbons (Fsp3) is 0.583. The minimum Gasteiger partial charge on any atom is -0.391 e. The Morgan fingerprint density at radius 3 is 2.37 bits per heavy atom. The van der Waals surface area contributed by atoms with E-state index in [4.69, 9.17) is 0 Å². The van der Waals surface area contributed by atoms with E-state index in [0.717, 1.165) is 44.1 Å². The minimum absolute atomic E-state index is 0.337. The summed E-state index contributed by atoms with van der Waals surface area (Å²) in [5.74, 6) is 0. The third-order valence-corrected chi connectivity index (χ3v) is 5.96. The molecule has 0 aliphatic carbocycles. The molecular weight excluding hydrogens is 378 g/mol. The van der Waals surface area contributed by atoms with E-state index in [0.29, 0.717) is 18.7 Å². The first kappa shape index (κ1) is 22.3. The molecule has 6 heteroatoms. The van der Waals surface area contributed by atoms with Gasteiger partial charge in [0, 0.05) is 0 Å². The number of aliphatic hydroxyl groups is 1. The monoisotopic (exact) mass is 413 g/mol. The molecule has 0 unspecified atom stereocenters. The highest BCUT2D eigenvalue weighted by Crippen LogP contribution is 2.26. The molecule has 6 nitrogen and oxygen atoms in total. The number of rotatable bonds is 11. The predicted octanol–water partition coefficient (Wildman–Crippen LogP) is 4.19. The summed E-state index contributed by atoms with van der Waals surface area (Å²) in [6.45, 7) is 4.73. The Balaban J connectivity index is 1.96. The van der Waals surface area contributed by atoms with E-state index >= 15 is 0 Å². The number of benzene rings is 1. The van der Waals surface area contributed by atoms with Crippen LogP contribution in [0.4, 0.5) is 0 Å². The Hall–Kier alpha value is -2.34. The quantitative estimate of drug-likeness (QED) is 0.443. The van der Waals surface area contributed by atoms with Gasteiger partial charge in [0.05, 0.1) is 24.4 Å². The summed E-state index contributed by atoms with van der Waals surface area (Å²) < 4.78 is 4.22. The number of hydrogen-bond acceptors (Lipinski definition) is 3. The molecule has 1 aliphatic rings. The largest absolute Gasteiger partial charge is 0.391 e. The molecular formula is C24H35N3O3. The summed E-state index contributed by atoms with van der Waals surface area (Å²) in [6, 6.07) is 8.52. The van der Waals surface area contributed by atoms with Crippen LogP contribution in [0.25, 0.3) is 5.69 Å². The molecule has 3 rings (SSSR count). The molecule has 1 aromatic carbocycles. The van der Waals surface area contributed by atoms with Crippen molar-refractivity contribution in [1.29, 1.82) is 0 Å². The summed E-state index contributed by atoms with van der Waals surface area (Å²) in [6.07, 6.45) is 10.5. The Kier molecular flexibility index (Phi) is 7.91. The van der Waals surface area contributed by atoms with Gasteiger partial charge in [0.2, 0.25) is 0 Å². The van der Waals surface area contributed by atoms with Crippen LogP contribution in [0, 0.1) is 0 Å². The van der Waals surface area contributed by atoms with Crippen LogP contribution in [0.1, 0.15) is 77.7 Å².